The molecule has 0 heterocycles. The molecule has 2 amide bonds. The Kier molecular flexibility index (Phi) is 5.78. The Morgan fingerprint density at radius 1 is 1.09 bits per heavy atom. The standard InChI is InChI=1S/C15H11Cl2FN2O3/c16-9-5-6-10(11(17)7-9)15(22)20-19-14(21)8-23-13-4-2-1-3-12(13)18/h1-7H,8H2,(H,19,21)(H,20,22). The third-order valence-corrected chi connectivity index (χ3v) is 3.23. The average Bonchev–Trinajstić information content (AvgIpc) is 2.52. The first-order valence-corrected chi connectivity index (χ1v) is 7.14. The van der Waals surface area contributed by atoms with Crippen molar-refractivity contribution in [1.29, 1.82) is 0 Å². The molecule has 0 unspecified atom stereocenters. The number of ether oxygens (including phenoxy) is 1. The quantitative estimate of drug-likeness (QED) is 0.827. The molecule has 2 rings (SSSR count). The van der Waals surface area contributed by atoms with Gasteiger partial charge in [0, 0.05) is 5.02 Å². The lowest BCUT2D eigenvalue weighted by Crippen LogP contribution is -2.43. The maximum Gasteiger partial charge on any atom is 0.276 e. The normalized spacial score (nSPS) is 10.0. The van der Waals surface area contributed by atoms with E-state index in [1.807, 2.05) is 0 Å². The molecule has 8 heteroatoms. The molecule has 0 saturated carbocycles. The molecule has 2 aromatic rings. The van der Waals surface area contributed by atoms with Crippen LogP contribution in [0.1, 0.15) is 10.4 Å². The molecule has 23 heavy (non-hydrogen) atoms. The molecular weight excluding hydrogens is 346 g/mol. The van der Waals surface area contributed by atoms with Crippen LogP contribution in [0.15, 0.2) is 42.5 Å². The van der Waals surface area contributed by atoms with E-state index < -0.39 is 24.2 Å². The number of para-hydroxylation sites is 1. The number of carbonyl (C=O) groups is 2. The van der Waals surface area contributed by atoms with Crippen LogP contribution in [0, 0.1) is 5.82 Å². The van der Waals surface area contributed by atoms with E-state index >= 15 is 0 Å². The van der Waals surface area contributed by atoms with E-state index in [9.17, 15) is 14.0 Å². The van der Waals surface area contributed by atoms with E-state index in [1.165, 1.54) is 36.4 Å². The molecule has 0 fully saturated rings. The fourth-order valence-electron chi connectivity index (χ4n) is 1.61. The number of hydrazine groups is 1. The smallest absolute Gasteiger partial charge is 0.276 e. The molecule has 0 aromatic heterocycles. The predicted molar refractivity (Wildman–Crippen MR) is 84.0 cm³/mol. The first kappa shape index (κ1) is 17.1. The minimum atomic E-state index is -0.660. The van der Waals surface area contributed by atoms with Crippen molar-refractivity contribution in [3.8, 4) is 5.75 Å². The summed E-state index contributed by atoms with van der Waals surface area (Å²) in [6.45, 7) is -0.463. The molecule has 0 atom stereocenters. The third kappa shape index (κ3) is 4.84. The second-order valence-electron chi connectivity index (χ2n) is 4.35. The van der Waals surface area contributed by atoms with Crippen molar-refractivity contribution in [1.82, 2.24) is 10.9 Å². The number of benzene rings is 2. The van der Waals surface area contributed by atoms with Gasteiger partial charge in [0.2, 0.25) is 0 Å². The molecule has 0 spiro atoms. The summed E-state index contributed by atoms with van der Waals surface area (Å²) in [6.07, 6.45) is 0. The Labute approximate surface area is 141 Å². The molecule has 2 N–H and O–H groups in total. The van der Waals surface area contributed by atoms with Gasteiger partial charge in [-0.15, -0.1) is 0 Å². The number of halogens is 3. The van der Waals surface area contributed by atoms with Crippen molar-refractivity contribution in [3.05, 3.63) is 63.9 Å². The van der Waals surface area contributed by atoms with Gasteiger partial charge in [0.15, 0.2) is 18.2 Å². The van der Waals surface area contributed by atoms with E-state index in [2.05, 4.69) is 10.9 Å². The fourth-order valence-corrected chi connectivity index (χ4v) is 2.10. The highest BCUT2D eigenvalue weighted by molar-refractivity contribution is 6.36. The second-order valence-corrected chi connectivity index (χ2v) is 5.19. The summed E-state index contributed by atoms with van der Waals surface area (Å²) in [4.78, 5) is 23.4. The number of rotatable bonds is 4. The van der Waals surface area contributed by atoms with Crippen LogP contribution in [0.25, 0.3) is 0 Å². The monoisotopic (exact) mass is 356 g/mol. The topological polar surface area (TPSA) is 67.4 Å². The van der Waals surface area contributed by atoms with Gasteiger partial charge >= 0.3 is 0 Å². The summed E-state index contributed by atoms with van der Waals surface area (Å²) < 4.78 is 18.3. The molecule has 2 aromatic carbocycles. The molecule has 5 nitrogen and oxygen atoms in total. The van der Waals surface area contributed by atoms with Gasteiger partial charge in [-0.05, 0) is 30.3 Å². The first-order valence-electron chi connectivity index (χ1n) is 6.39. The van der Waals surface area contributed by atoms with Crippen LogP contribution in [0.4, 0.5) is 4.39 Å². The summed E-state index contributed by atoms with van der Waals surface area (Å²) in [7, 11) is 0. The fraction of sp³-hybridized carbons (Fsp3) is 0.0667. The third-order valence-electron chi connectivity index (χ3n) is 2.69. The molecule has 0 radical (unpaired) electrons. The summed E-state index contributed by atoms with van der Waals surface area (Å²) in [5, 5.41) is 0.528. The minimum Gasteiger partial charge on any atom is -0.481 e. The molecule has 0 saturated heterocycles. The Morgan fingerprint density at radius 3 is 2.52 bits per heavy atom. The van der Waals surface area contributed by atoms with Crippen LogP contribution in [0.5, 0.6) is 5.75 Å². The Hall–Kier alpha value is -2.31. The van der Waals surface area contributed by atoms with Crippen LogP contribution < -0.4 is 15.6 Å². The van der Waals surface area contributed by atoms with Gasteiger partial charge in [0.25, 0.3) is 11.8 Å². The summed E-state index contributed by atoms with van der Waals surface area (Å²) in [5.74, 6) is -1.93. The molecule has 0 bridgehead atoms. The van der Waals surface area contributed by atoms with Gasteiger partial charge in [0.1, 0.15) is 0 Å². The SMILES string of the molecule is O=C(COc1ccccc1F)NNC(=O)c1ccc(Cl)cc1Cl. The number of hydrogen-bond donors (Lipinski definition) is 2. The highest BCUT2D eigenvalue weighted by Crippen LogP contribution is 2.20. The summed E-state index contributed by atoms with van der Waals surface area (Å²) in [6, 6.07) is 9.97. The van der Waals surface area contributed by atoms with Crippen LogP contribution >= 0.6 is 23.2 Å². The molecule has 120 valence electrons. The van der Waals surface area contributed by atoms with Crippen molar-refractivity contribution in [3.63, 3.8) is 0 Å². The summed E-state index contributed by atoms with van der Waals surface area (Å²) in [5.41, 5.74) is 4.45. The Balaban J connectivity index is 1.84. The van der Waals surface area contributed by atoms with Gasteiger partial charge in [0.05, 0.1) is 10.6 Å². The molecule has 0 aliphatic rings. The lowest BCUT2D eigenvalue weighted by atomic mass is 10.2. The largest absolute Gasteiger partial charge is 0.481 e. The van der Waals surface area contributed by atoms with Crippen LogP contribution in [-0.2, 0) is 4.79 Å². The van der Waals surface area contributed by atoms with Crippen LogP contribution in [0.3, 0.4) is 0 Å². The van der Waals surface area contributed by atoms with Crippen LogP contribution in [0.2, 0.25) is 10.0 Å². The highest BCUT2D eigenvalue weighted by Gasteiger charge is 2.12. The zero-order valence-electron chi connectivity index (χ0n) is 11.6. The minimum absolute atomic E-state index is 0.0604. The van der Waals surface area contributed by atoms with E-state index in [1.54, 1.807) is 6.07 Å². The van der Waals surface area contributed by atoms with Crippen molar-refractivity contribution >= 4 is 35.0 Å². The van der Waals surface area contributed by atoms with Crippen LogP contribution in [-0.4, -0.2) is 18.4 Å². The van der Waals surface area contributed by atoms with E-state index in [4.69, 9.17) is 27.9 Å². The van der Waals surface area contributed by atoms with Gasteiger partial charge in [-0.25, -0.2) is 4.39 Å². The Morgan fingerprint density at radius 2 is 1.83 bits per heavy atom. The van der Waals surface area contributed by atoms with Gasteiger partial charge in [-0.2, -0.15) is 0 Å². The van der Waals surface area contributed by atoms with Gasteiger partial charge in [-0.3, -0.25) is 20.4 Å². The average molecular weight is 357 g/mol. The van der Waals surface area contributed by atoms with E-state index in [0.717, 1.165) is 0 Å². The lowest BCUT2D eigenvalue weighted by Gasteiger charge is -2.10. The van der Waals surface area contributed by atoms with E-state index in [0.29, 0.717) is 5.02 Å². The van der Waals surface area contributed by atoms with Crippen molar-refractivity contribution in [2.24, 2.45) is 0 Å². The lowest BCUT2D eigenvalue weighted by molar-refractivity contribution is -0.123. The van der Waals surface area contributed by atoms with Crippen molar-refractivity contribution in [2.75, 3.05) is 6.61 Å². The van der Waals surface area contributed by atoms with Gasteiger partial charge in [-0.1, -0.05) is 35.3 Å². The maximum atomic E-state index is 13.3. The summed E-state index contributed by atoms with van der Waals surface area (Å²) >= 11 is 11.6. The molecular formula is C15H11Cl2FN2O3. The Bertz CT molecular complexity index is 740. The number of hydrogen-bond acceptors (Lipinski definition) is 3. The first-order chi connectivity index (χ1) is 11.0. The van der Waals surface area contributed by atoms with Crippen molar-refractivity contribution in [2.45, 2.75) is 0 Å². The zero-order valence-corrected chi connectivity index (χ0v) is 13.1. The molecule has 0 aliphatic carbocycles. The number of carbonyl (C=O) groups excluding carboxylic acids is 2. The highest BCUT2D eigenvalue weighted by atomic mass is 35.5. The number of nitrogens with one attached hydrogen (secondary N) is 2. The van der Waals surface area contributed by atoms with Gasteiger partial charge < -0.3 is 4.74 Å². The maximum absolute atomic E-state index is 13.3. The van der Waals surface area contributed by atoms with Crippen molar-refractivity contribution < 1.29 is 18.7 Å². The number of amides is 2. The van der Waals surface area contributed by atoms with E-state index in [-0.39, 0.29) is 16.3 Å². The molecule has 0 aliphatic heterocycles. The predicted octanol–water partition coefficient (Wildman–Crippen LogP) is 2.97. The zero-order chi connectivity index (χ0) is 16.8. The second kappa shape index (κ2) is 7.80.